The Balaban J connectivity index is 1.34. The van der Waals surface area contributed by atoms with Gasteiger partial charge in [-0.15, -0.1) is 0 Å². The van der Waals surface area contributed by atoms with E-state index in [0.717, 1.165) is 17.7 Å². The van der Waals surface area contributed by atoms with Crippen LogP contribution in [0.5, 0.6) is 11.5 Å². The lowest BCUT2D eigenvalue weighted by atomic mass is 10.0. The lowest BCUT2D eigenvalue weighted by Gasteiger charge is -2.09. The molecule has 0 fully saturated rings. The van der Waals surface area contributed by atoms with Gasteiger partial charge in [0.1, 0.15) is 11.3 Å². The van der Waals surface area contributed by atoms with Crippen molar-refractivity contribution in [3.05, 3.63) is 83.8 Å². The Morgan fingerprint density at radius 2 is 1.84 bits per heavy atom. The number of carbonyl (C=O) groups is 1. The normalized spacial score (nSPS) is 12.8. The number of halogens is 3. The first-order valence-electron chi connectivity index (χ1n) is 9.70. The summed E-state index contributed by atoms with van der Waals surface area (Å²) in [5.41, 5.74) is 1.83. The van der Waals surface area contributed by atoms with Crippen LogP contribution in [0.2, 0.25) is 0 Å². The van der Waals surface area contributed by atoms with Gasteiger partial charge in [0.2, 0.25) is 6.79 Å². The maximum atomic E-state index is 13.0. The number of imidazole rings is 1. The van der Waals surface area contributed by atoms with Gasteiger partial charge in [-0.1, -0.05) is 18.2 Å². The van der Waals surface area contributed by atoms with Crippen molar-refractivity contribution in [3.63, 3.8) is 0 Å². The summed E-state index contributed by atoms with van der Waals surface area (Å²) in [4.78, 5) is 16.9. The predicted molar refractivity (Wildman–Crippen MR) is 109 cm³/mol. The zero-order valence-electron chi connectivity index (χ0n) is 16.5. The maximum Gasteiger partial charge on any atom is 0.416 e. The zero-order chi connectivity index (χ0) is 22.3. The van der Waals surface area contributed by atoms with Crippen LogP contribution in [0.3, 0.4) is 0 Å². The van der Waals surface area contributed by atoms with Gasteiger partial charge in [0.25, 0.3) is 5.91 Å². The largest absolute Gasteiger partial charge is 0.454 e. The van der Waals surface area contributed by atoms with E-state index in [4.69, 9.17) is 9.47 Å². The molecule has 9 heteroatoms. The fourth-order valence-electron chi connectivity index (χ4n) is 3.47. The minimum Gasteiger partial charge on any atom is -0.454 e. The van der Waals surface area contributed by atoms with Gasteiger partial charge in [-0.3, -0.25) is 4.79 Å². The van der Waals surface area contributed by atoms with Crippen molar-refractivity contribution in [3.8, 4) is 22.6 Å². The number of alkyl halides is 3. The van der Waals surface area contributed by atoms with Crippen molar-refractivity contribution in [2.45, 2.75) is 12.7 Å². The molecule has 5 rings (SSSR count). The van der Waals surface area contributed by atoms with E-state index < -0.39 is 11.7 Å². The minimum atomic E-state index is -4.42. The van der Waals surface area contributed by atoms with Crippen LogP contribution in [0.1, 0.15) is 21.6 Å². The fraction of sp³-hybridized carbons (Fsp3) is 0.130. The van der Waals surface area contributed by atoms with Crippen LogP contribution in [0, 0.1) is 0 Å². The predicted octanol–water partition coefficient (Wildman–Crippen LogP) is 4.68. The first-order chi connectivity index (χ1) is 15.4. The number of amides is 1. The molecule has 162 valence electrons. The van der Waals surface area contributed by atoms with Gasteiger partial charge in [0.15, 0.2) is 11.5 Å². The third kappa shape index (κ3) is 3.84. The summed E-state index contributed by atoms with van der Waals surface area (Å²) in [5.74, 6) is 0.926. The minimum absolute atomic E-state index is 0.175. The van der Waals surface area contributed by atoms with E-state index in [2.05, 4.69) is 10.3 Å². The average Bonchev–Trinajstić information content (AvgIpc) is 3.43. The van der Waals surface area contributed by atoms with E-state index in [9.17, 15) is 18.0 Å². The topological polar surface area (TPSA) is 64.9 Å². The van der Waals surface area contributed by atoms with Crippen molar-refractivity contribution >= 4 is 11.6 Å². The highest BCUT2D eigenvalue weighted by molar-refractivity contribution is 5.92. The van der Waals surface area contributed by atoms with Crippen molar-refractivity contribution in [1.29, 1.82) is 0 Å². The lowest BCUT2D eigenvalue weighted by Crippen LogP contribution is -2.23. The highest BCUT2D eigenvalue weighted by Gasteiger charge is 2.30. The number of nitrogens with one attached hydrogen (secondary N) is 1. The highest BCUT2D eigenvalue weighted by Crippen LogP contribution is 2.33. The van der Waals surface area contributed by atoms with Crippen molar-refractivity contribution in [1.82, 2.24) is 14.7 Å². The Labute approximate surface area is 180 Å². The molecule has 32 heavy (non-hydrogen) atoms. The summed E-state index contributed by atoms with van der Waals surface area (Å²) in [6, 6.07) is 13.8. The number of pyridine rings is 1. The number of benzene rings is 2. The van der Waals surface area contributed by atoms with Gasteiger partial charge in [-0.2, -0.15) is 13.2 Å². The molecule has 0 unspecified atom stereocenters. The summed E-state index contributed by atoms with van der Waals surface area (Å²) in [6.45, 7) is 0.452. The summed E-state index contributed by atoms with van der Waals surface area (Å²) in [6.07, 6.45) is -1.23. The Bertz CT molecular complexity index is 1330. The second-order valence-electron chi connectivity index (χ2n) is 7.26. The number of carbonyl (C=O) groups excluding carboxylic acids is 1. The Morgan fingerprint density at radius 3 is 2.69 bits per heavy atom. The second kappa shape index (κ2) is 7.60. The fourth-order valence-corrected chi connectivity index (χ4v) is 3.47. The van der Waals surface area contributed by atoms with Gasteiger partial charge in [0.05, 0.1) is 5.56 Å². The third-order valence-electron chi connectivity index (χ3n) is 5.10. The first kappa shape index (κ1) is 19.9. The standard InChI is InChI=1S/C23H16F3N3O3/c24-23(25,26)17-3-1-2-15(9-17)16-5-7-21-28-18(12-29(21)11-16)22(30)27-10-14-4-6-19-20(8-14)32-13-31-19/h1-9,11-12H,10,13H2,(H,27,30). The molecule has 0 bridgehead atoms. The molecule has 1 aliphatic rings. The number of fused-ring (bicyclic) bond motifs is 2. The molecule has 0 saturated heterocycles. The van der Waals surface area contributed by atoms with Crippen LogP contribution in [-0.4, -0.2) is 22.1 Å². The second-order valence-corrected chi connectivity index (χ2v) is 7.26. The van der Waals surface area contributed by atoms with Crippen molar-refractivity contribution in [2.75, 3.05) is 6.79 Å². The molecule has 2 aromatic carbocycles. The Kier molecular flexibility index (Phi) is 4.73. The van der Waals surface area contributed by atoms with Crippen LogP contribution in [-0.2, 0) is 12.7 Å². The number of hydrogen-bond donors (Lipinski definition) is 1. The van der Waals surface area contributed by atoms with Crippen LogP contribution >= 0.6 is 0 Å². The van der Waals surface area contributed by atoms with E-state index in [1.807, 2.05) is 6.07 Å². The molecule has 0 radical (unpaired) electrons. The zero-order valence-corrected chi connectivity index (χ0v) is 16.5. The monoisotopic (exact) mass is 439 g/mol. The molecule has 1 amide bonds. The summed E-state index contributed by atoms with van der Waals surface area (Å²) < 4.78 is 51.3. The van der Waals surface area contributed by atoms with E-state index in [0.29, 0.717) is 28.3 Å². The highest BCUT2D eigenvalue weighted by atomic mass is 19.4. The number of rotatable bonds is 4. The van der Waals surface area contributed by atoms with E-state index >= 15 is 0 Å². The van der Waals surface area contributed by atoms with Crippen molar-refractivity contribution in [2.24, 2.45) is 0 Å². The van der Waals surface area contributed by atoms with E-state index in [-0.39, 0.29) is 24.9 Å². The molecule has 0 atom stereocenters. The first-order valence-corrected chi connectivity index (χ1v) is 9.70. The molecule has 0 saturated carbocycles. The number of aromatic nitrogens is 2. The van der Waals surface area contributed by atoms with Crippen LogP contribution in [0.15, 0.2) is 67.0 Å². The van der Waals surface area contributed by atoms with Crippen molar-refractivity contribution < 1.29 is 27.4 Å². The molecule has 4 aromatic rings. The van der Waals surface area contributed by atoms with Crippen LogP contribution < -0.4 is 14.8 Å². The van der Waals surface area contributed by atoms with E-state index in [1.54, 1.807) is 47.1 Å². The molecular formula is C23H16F3N3O3. The number of nitrogens with zero attached hydrogens (tertiary/aromatic N) is 2. The molecule has 3 heterocycles. The Morgan fingerprint density at radius 1 is 1.00 bits per heavy atom. The molecule has 1 aliphatic heterocycles. The summed E-state index contributed by atoms with van der Waals surface area (Å²) in [5, 5.41) is 2.80. The average molecular weight is 439 g/mol. The molecule has 0 aliphatic carbocycles. The summed E-state index contributed by atoms with van der Waals surface area (Å²) >= 11 is 0. The lowest BCUT2D eigenvalue weighted by molar-refractivity contribution is -0.137. The Hall–Kier alpha value is -4.01. The molecule has 2 aromatic heterocycles. The molecule has 6 nitrogen and oxygen atoms in total. The smallest absolute Gasteiger partial charge is 0.416 e. The van der Waals surface area contributed by atoms with Gasteiger partial charge in [-0.25, -0.2) is 4.98 Å². The van der Waals surface area contributed by atoms with Gasteiger partial charge in [-0.05, 0) is 53.1 Å². The van der Waals surface area contributed by atoms with E-state index in [1.165, 1.54) is 6.07 Å². The molecular weight excluding hydrogens is 423 g/mol. The van der Waals surface area contributed by atoms with Gasteiger partial charge in [0, 0.05) is 18.9 Å². The molecule has 1 N–H and O–H groups in total. The molecule has 0 spiro atoms. The van der Waals surface area contributed by atoms with Crippen LogP contribution in [0.25, 0.3) is 16.8 Å². The number of hydrogen-bond acceptors (Lipinski definition) is 4. The third-order valence-corrected chi connectivity index (χ3v) is 5.10. The van der Waals surface area contributed by atoms with Gasteiger partial charge >= 0.3 is 6.18 Å². The number of ether oxygens (including phenoxy) is 2. The quantitative estimate of drug-likeness (QED) is 0.502. The summed E-state index contributed by atoms with van der Waals surface area (Å²) in [7, 11) is 0. The van der Waals surface area contributed by atoms with Gasteiger partial charge < -0.3 is 19.2 Å². The van der Waals surface area contributed by atoms with Crippen LogP contribution in [0.4, 0.5) is 13.2 Å². The SMILES string of the molecule is O=C(NCc1ccc2c(c1)OCO2)c1cn2cc(-c3cccc(C(F)(F)F)c3)ccc2n1. The maximum absolute atomic E-state index is 13.0.